The lowest BCUT2D eigenvalue weighted by atomic mass is 10.1. The lowest BCUT2D eigenvalue weighted by Crippen LogP contribution is -2.34. The molecule has 0 radical (unpaired) electrons. The molecule has 8 heteroatoms. The van der Waals surface area contributed by atoms with Crippen LogP contribution in [0.3, 0.4) is 0 Å². The fourth-order valence-electron chi connectivity index (χ4n) is 2.99. The van der Waals surface area contributed by atoms with Crippen molar-refractivity contribution in [2.24, 2.45) is 0 Å². The summed E-state index contributed by atoms with van der Waals surface area (Å²) in [5.41, 5.74) is 3.26. The van der Waals surface area contributed by atoms with Gasteiger partial charge in [-0.3, -0.25) is 14.9 Å². The molecule has 0 fully saturated rings. The minimum atomic E-state index is -0.340. The first-order chi connectivity index (χ1) is 15.7. The SMILES string of the molecule is Cc1cc(NC(=S)NC(=O)c2ccc(OC(C)C)c(Br)c2)ccc1NC(=O)c1ccccc1. The van der Waals surface area contributed by atoms with Gasteiger partial charge in [-0.2, -0.15) is 0 Å². The van der Waals surface area contributed by atoms with Crippen molar-refractivity contribution in [2.45, 2.75) is 26.9 Å². The summed E-state index contributed by atoms with van der Waals surface area (Å²) in [4.78, 5) is 24.9. The summed E-state index contributed by atoms with van der Waals surface area (Å²) in [5, 5.41) is 8.73. The highest BCUT2D eigenvalue weighted by atomic mass is 79.9. The van der Waals surface area contributed by atoms with Crippen molar-refractivity contribution < 1.29 is 14.3 Å². The van der Waals surface area contributed by atoms with E-state index in [1.54, 1.807) is 42.5 Å². The van der Waals surface area contributed by atoms with E-state index < -0.39 is 0 Å². The van der Waals surface area contributed by atoms with Crippen molar-refractivity contribution >= 4 is 56.4 Å². The van der Waals surface area contributed by atoms with Gasteiger partial charge < -0.3 is 15.4 Å². The number of benzene rings is 3. The van der Waals surface area contributed by atoms with Gasteiger partial charge in [-0.15, -0.1) is 0 Å². The Balaban J connectivity index is 1.60. The number of nitrogens with one attached hydrogen (secondary N) is 3. The monoisotopic (exact) mass is 525 g/mol. The molecule has 0 saturated heterocycles. The number of hydrogen-bond acceptors (Lipinski definition) is 4. The number of anilines is 2. The van der Waals surface area contributed by atoms with Gasteiger partial charge in [0.05, 0.1) is 10.6 Å². The number of carbonyl (C=O) groups excluding carboxylic acids is 2. The topological polar surface area (TPSA) is 79.5 Å². The number of thiocarbonyl (C=S) groups is 1. The van der Waals surface area contributed by atoms with Crippen molar-refractivity contribution in [3.8, 4) is 5.75 Å². The molecule has 0 spiro atoms. The van der Waals surface area contributed by atoms with Crippen LogP contribution < -0.4 is 20.7 Å². The summed E-state index contributed by atoms with van der Waals surface area (Å²) in [6, 6.07) is 19.5. The lowest BCUT2D eigenvalue weighted by Gasteiger charge is -2.14. The molecule has 0 atom stereocenters. The van der Waals surface area contributed by atoms with Gasteiger partial charge in [0.1, 0.15) is 5.75 Å². The number of carbonyl (C=O) groups is 2. The average molecular weight is 526 g/mol. The standard InChI is InChI=1S/C25H24BrN3O3S/c1-15(2)32-22-12-9-18(14-20(22)26)24(31)29-25(33)27-19-10-11-21(16(3)13-19)28-23(30)17-7-5-4-6-8-17/h4-15H,1-3H3,(H,28,30)(H2,27,29,31,33). The molecule has 2 amide bonds. The first kappa shape index (κ1) is 24.4. The second-order valence-electron chi connectivity index (χ2n) is 7.57. The average Bonchev–Trinajstić information content (AvgIpc) is 2.77. The lowest BCUT2D eigenvalue weighted by molar-refractivity contribution is 0.0976. The Morgan fingerprint density at radius 1 is 0.909 bits per heavy atom. The Hall–Kier alpha value is -3.23. The number of ether oxygens (including phenoxy) is 1. The molecule has 0 aliphatic carbocycles. The molecule has 3 aromatic carbocycles. The normalized spacial score (nSPS) is 10.5. The second-order valence-corrected chi connectivity index (χ2v) is 8.83. The smallest absolute Gasteiger partial charge is 0.257 e. The number of amides is 2. The Bertz CT molecular complexity index is 1180. The van der Waals surface area contributed by atoms with Crippen LogP contribution in [0.15, 0.2) is 71.2 Å². The first-order valence-corrected chi connectivity index (χ1v) is 11.5. The van der Waals surface area contributed by atoms with Gasteiger partial charge in [0.15, 0.2) is 5.11 Å². The maximum absolute atomic E-state index is 12.6. The van der Waals surface area contributed by atoms with Crippen LogP contribution in [-0.2, 0) is 0 Å². The number of rotatable bonds is 6. The summed E-state index contributed by atoms with van der Waals surface area (Å²) in [5.74, 6) is 0.142. The summed E-state index contributed by atoms with van der Waals surface area (Å²) in [6.45, 7) is 5.75. The van der Waals surface area contributed by atoms with Crippen LogP contribution >= 0.6 is 28.1 Å². The van der Waals surface area contributed by atoms with Crippen LogP contribution in [-0.4, -0.2) is 23.0 Å². The fourth-order valence-corrected chi connectivity index (χ4v) is 3.68. The van der Waals surface area contributed by atoms with Gasteiger partial charge >= 0.3 is 0 Å². The van der Waals surface area contributed by atoms with E-state index in [1.807, 2.05) is 45.0 Å². The molecular formula is C25H24BrN3O3S. The van der Waals surface area contributed by atoms with Gasteiger partial charge in [-0.25, -0.2) is 0 Å². The Labute approximate surface area is 206 Å². The molecule has 0 saturated carbocycles. The maximum Gasteiger partial charge on any atom is 0.257 e. The van der Waals surface area contributed by atoms with Gasteiger partial charge in [-0.1, -0.05) is 18.2 Å². The van der Waals surface area contributed by atoms with E-state index in [0.29, 0.717) is 32.7 Å². The third kappa shape index (κ3) is 6.87. The molecule has 3 rings (SSSR count). The van der Waals surface area contributed by atoms with Crippen LogP contribution in [0.2, 0.25) is 0 Å². The van der Waals surface area contributed by atoms with Crippen molar-refractivity contribution in [1.29, 1.82) is 0 Å². The van der Waals surface area contributed by atoms with E-state index in [4.69, 9.17) is 17.0 Å². The third-order valence-electron chi connectivity index (χ3n) is 4.55. The first-order valence-electron chi connectivity index (χ1n) is 10.3. The van der Waals surface area contributed by atoms with E-state index in [9.17, 15) is 9.59 Å². The van der Waals surface area contributed by atoms with E-state index in [1.165, 1.54) is 0 Å². The minimum Gasteiger partial charge on any atom is -0.490 e. The quantitative estimate of drug-likeness (QED) is 0.348. The molecule has 0 aliphatic heterocycles. The van der Waals surface area contributed by atoms with Gasteiger partial charge in [-0.05, 0) is 103 Å². The third-order valence-corrected chi connectivity index (χ3v) is 5.38. The number of hydrogen-bond donors (Lipinski definition) is 3. The summed E-state index contributed by atoms with van der Waals surface area (Å²) < 4.78 is 6.35. The van der Waals surface area contributed by atoms with Crippen molar-refractivity contribution in [3.63, 3.8) is 0 Å². The van der Waals surface area contributed by atoms with E-state index >= 15 is 0 Å². The van der Waals surface area contributed by atoms with Crippen LogP contribution in [0.1, 0.15) is 40.1 Å². The molecule has 3 N–H and O–H groups in total. The molecule has 0 heterocycles. The van der Waals surface area contributed by atoms with E-state index in [0.717, 1.165) is 5.56 Å². The van der Waals surface area contributed by atoms with Crippen LogP contribution in [0.25, 0.3) is 0 Å². The summed E-state index contributed by atoms with van der Waals surface area (Å²) >= 11 is 8.72. The number of halogens is 1. The zero-order valence-electron chi connectivity index (χ0n) is 18.4. The molecule has 170 valence electrons. The van der Waals surface area contributed by atoms with Crippen LogP contribution in [0, 0.1) is 6.92 Å². The van der Waals surface area contributed by atoms with Crippen molar-refractivity contribution in [3.05, 3.63) is 87.9 Å². The van der Waals surface area contributed by atoms with Gasteiger partial charge in [0.2, 0.25) is 0 Å². The molecule has 3 aromatic rings. The predicted octanol–water partition coefficient (Wildman–Crippen LogP) is 5.92. The molecule has 6 nitrogen and oxygen atoms in total. The fraction of sp³-hybridized carbons (Fsp3) is 0.160. The predicted molar refractivity (Wildman–Crippen MR) is 139 cm³/mol. The Morgan fingerprint density at radius 2 is 1.64 bits per heavy atom. The van der Waals surface area contributed by atoms with Crippen LogP contribution in [0.4, 0.5) is 11.4 Å². The minimum absolute atomic E-state index is 0.0271. The molecule has 0 unspecified atom stereocenters. The molecule has 33 heavy (non-hydrogen) atoms. The largest absolute Gasteiger partial charge is 0.490 e. The molecule has 0 aliphatic rings. The maximum atomic E-state index is 12.6. The zero-order valence-corrected chi connectivity index (χ0v) is 20.8. The Morgan fingerprint density at radius 3 is 2.27 bits per heavy atom. The van der Waals surface area contributed by atoms with Gasteiger partial charge in [0, 0.05) is 22.5 Å². The molecule has 0 bridgehead atoms. The van der Waals surface area contributed by atoms with Crippen molar-refractivity contribution in [2.75, 3.05) is 10.6 Å². The second kappa shape index (κ2) is 11.1. The van der Waals surface area contributed by atoms with Crippen molar-refractivity contribution in [1.82, 2.24) is 5.32 Å². The zero-order chi connectivity index (χ0) is 24.0. The van der Waals surface area contributed by atoms with E-state index in [-0.39, 0.29) is 23.0 Å². The highest BCUT2D eigenvalue weighted by Crippen LogP contribution is 2.27. The Kier molecular flexibility index (Phi) is 8.19. The van der Waals surface area contributed by atoms with Gasteiger partial charge in [0.25, 0.3) is 11.8 Å². The highest BCUT2D eigenvalue weighted by Gasteiger charge is 2.13. The van der Waals surface area contributed by atoms with E-state index in [2.05, 4.69) is 31.9 Å². The van der Waals surface area contributed by atoms with Crippen LogP contribution in [0.5, 0.6) is 5.75 Å². The summed E-state index contributed by atoms with van der Waals surface area (Å²) in [6.07, 6.45) is 0.0271. The summed E-state index contributed by atoms with van der Waals surface area (Å²) in [7, 11) is 0. The number of aryl methyl sites for hydroxylation is 1. The highest BCUT2D eigenvalue weighted by molar-refractivity contribution is 9.10. The molecular weight excluding hydrogens is 502 g/mol. The molecule has 0 aromatic heterocycles.